The number of benzene rings is 3. The molecule has 0 aliphatic carbocycles. The third kappa shape index (κ3) is 3.10. The molecule has 1 unspecified atom stereocenters. The smallest absolute Gasteiger partial charge is 0.340 e. The Morgan fingerprint density at radius 3 is 2.41 bits per heavy atom. The van der Waals surface area contributed by atoms with Crippen LogP contribution in [0.1, 0.15) is 39.7 Å². The fraction of sp³-hybridized carbons (Fsp3) is 0.214. The number of cyclic esters (lactones) is 1. The van der Waals surface area contributed by atoms with Crippen molar-refractivity contribution in [2.24, 2.45) is 7.05 Å². The van der Waals surface area contributed by atoms with Crippen LogP contribution in [0.3, 0.4) is 0 Å². The zero-order valence-corrected chi connectivity index (χ0v) is 19.9. The first kappa shape index (κ1) is 21.8. The van der Waals surface area contributed by atoms with E-state index in [9.17, 15) is 9.59 Å². The van der Waals surface area contributed by atoms with Crippen LogP contribution >= 0.6 is 0 Å². The van der Waals surface area contributed by atoms with Crippen molar-refractivity contribution in [2.75, 3.05) is 19.0 Å². The molecule has 0 N–H and O–H groups in total. The molecule has 1 aromatic heterocycles. The van der Waals surface area contributed by atoms with Gasteiger partial charge in [0.15, 0.2) is 5.60 Å². The van der Waals surface area contributed by atoms with E-state index in [2.05, 4.69) is 16.7 Å². The molecular weight excluding hydrogens is 428 g/mol. The van der Waals surface area contributed by atoms with Gasteiger partial charge in [0.1, 0.15) is 5.75 Å². The second kappa shape index (κ2) is 7.76. The van der Waals surface area contributed by atoms with Gasteiger partial charge in [-0.2, -0.15) is 0 Å². The van der Waals surface area contributed by atoms with E-state index in [1.165, 1.54) is 6.92 Å². The normalized spacial score (nSPS) is 16.9. The molecule has 0 saturated heterocycles. The van der Waals surface area contributed by atoms with Crippen molar-refractivity contribution in [3.63, 3.8) is 0 Å². The lowest BCUT2D eigenvalue weighted by molar-refractivity contribution is -0.131. The van der Waals surface area contributed by atoms with Crippen molar-refractivity contribution in [3.8, 4) is 5.75 Å². The van der Waals surface area contributed by atoms with Crippen molar-refractivity contribution in [1.29, 1.82) is 0 Å². The standard InChI is InChI=1S/C28H26N2O4/c1-17-26(22-8-6-7-9-25(22)30(17)5)28(19-10-13-21(14-11-19)33-18(2)31)24-15-12-20(29(3)4)16-23(24)27(32)34-28/h6-16H,1-5H3. The molecule has 1 atom stereocenters. The Labute approximate surface area is 198 Å². The molecule has 5 rings (SSSR count). The fourth-order valence-electron chi connectivity index (χ4n) is 4.97. The molecule has 34 heavy (non-hydrogen) atoms. The molecule has 3 aromatic carbocycles. The second-order valence-corrected chi connectivity index (χ2v) is 8.85. The molecule has 0 fully saturated rings. The number of rotatable bonds is 4. The second-order valence-electron chi connectivity index (χ2n) is 8.85. The summed E-state index contributed by atoms with van der Waals surface area (Å²) in [6, 6.07) is 21.2. The van der Waals surface area contributed by atoms with Gasteiger partial charge in [-0.3, -0.25) is 4.79 Å². The number of fused-ring (bicyclic) bond motifs is 2. The van der Waals surface area contributed by atoms with Crippen molar-refractivity contribution < 1.29 is 19.1 Å². The Bertz CT molecular complexity index is 1450. The minimum atomic E-state index is -1.14. The highest BCUT2D eigenvalue weighted by Gasteiger charge is 2.51. The average Bonchev–Trinajstić information content (AvgIpc) is 3.25. The van der Waals surface area contributed by atoms with Gasteiger partial charge in [0.05, 0.1) is 5.56 Å². The maximum absolute atomic E-state index is 13.4. The molecule has 0 amide bonds. The summed E-state index contributed by atoms with van der Waals surface area (Å²) in [7, 11) is 5.90. The Morgan fingerprint density at radius 1 is 1.03 bits per heavy atom. The van der Waals surface area contributed by atoms with E-state index >= 15 is 0 Å². The van der Waals surface area contributed by atoms with Crippen molar-refractivity contribution in [1.82, 2.24) is 4.57 Å². The van der Waals surface area contributed by atoms with E-state index in [1.54, 1.807) is 12.1 Å². The third-order valence-corrected chi connectivity index (χ3v) is 6.64. The maximum atomic E-state index is 13.4. The first-order valence-electron chi connectivity index (χ1n) is 11.1. The van der Waals surface area contributed by atoms with Crippen LogP contribution in [0.25, 0.3) is 10.9 Å². The van der Waals surface area contributed by atoms with Gasteiger partial charge in [0.25, 0.3) is 0 Å². The zero-order valence-electron chi connectivity index (χ0n) is 19.9. The van der Waals surface area contributed by atoms with Crippen LogP contribution in [0.2, 0.25) is 0 Å². The Hall–Kier alpha value is -4.06. The first-order valence-corrected chi connectivity index (χ1v) is 11.1. The number of para-hydroxylation sites is 1. The largest absolute Gasteiger partial charge is 0.440 e. The highest BCUT2D eigenvalue weighted by molar-refractivity contribution is 5.99. The van der Waals surface area contributed by atoms with Crippen LogP contribution in [-0.4, -0.2) is 30.6 Å². The molecule has 1 aliphatic rings. The van der Waals surface area contributed by atoms with Gasteiger partial charge >= 0.3 is 11.9 Å². The van der Waals surface area contributed by atoms with E-state index in [0.29, 0.717) is 11.3 Å². The fourth-order valence-corrected chi connectivity index (χ4v) is 4.97. The SMILES string of the molecule is CC(=O)Oc1ccc(C2(c3c(C)n(C)c4ccccc34)OC(=O)c3cc(N(C)C)ccc32)cc1. The monoisotopic (exact) mass is 454 g/mol. The van der Waals surface area contributed by atoms with Gasteiger partial charge in [-0.1, -0.05) is 36.4 Å². The van der Waals surface area contributed by atoms with Crippen LogP contribution in [-0.2, 0) is 22.2 Å². The molecule has 172 valence electrons. The van der Waals surface area contributed by atoms with Crippen LogP contribution < -0.4 is 9.64 Å². The first-order chi connectivity index (χ1) is 16.2. The van der Waals surface area contributed by atoms with E-state index in [-0.39, 0.29) is 11.9 Å². The molecule has 4 aromatic rings. The number of anilines is 1. The van der Waals surface area contributed by atoms with Crippen LogP contribution in [0, 0.1) is 6.92 Å². The van der Waals surface area contributed by atoms with Gasteiger partial charge < -0.3 is 18.9 Å². The summed E-state index contributed by atoms with van der Waals surface area (Å²) >= 11 is 0. The molecule has 0 bridgehead atoms. The van der Waals surface area contributed by atoms with E-state index in [1.807, 2.05) is 75.4 Å². The lowest BCUT2D eigenvalue weighted by Gasteiger charge is -2.31. The van der Waals surface area contributed by atoms with Gasteiger partial charge in [-0.05, 0) is 37.3 Å². The Balaban J connectivity index is 1.84. The Kier molecular flexibility index (Phi) is 4.97. The van der Waals surface area contributed by atoms with Gasteiger partial charge in [-0.15, -0.1) is 0 Å². The summed E-state index contributed by atoms with van der Waals surface area (Å²) in [5.41, 5.74) is 4.89. The van der Waals surface area contributed by atoms with Crippen molar-refractivity contribution >= 4 is 28.5 Å². The van der Waals surface area contributed by atoms with Crippen LogP contribution in [0.15, 0.2) is 66.7 Å². The predicted octanol–water partition coefficient (Wildman–Crippen LogP) is 4.94. The summed E-state index contributed by atoms with van der Waals surface area (Å²) in [6.45, 7) is 3.41. The number of esters is 2. The average molecular weight is 455 g/mol. The quantitative estimate of drug-likeness (QED) is 0.323. The van der Waals surface area contributed by atoms with Gasteiger partial charge in [-0.25, -0.2) is 4.79 Å². The molecule has 0 radical (unpaired) electrons. The zero-order chi connectivity index (χ0) is 24.2. The molecule has 0 spiro atoms. The number of hydrogen-bond donors (Lipinski definition) is 0. The summed E-state index contributed by atoms with van der Waals surface area (Å²) in [6.07, 6.45) is 0. The number of carbonyl (C=O) groups excluding carboxylic acids is 2. The van der Waals surface area contributed by atoms with Gasteiger partial charge in [0, 0.05) is 67.0 Å². The summed E-state index contributed by atoms with van der Waals surface area (Å²) in [5.74, 6) is -0.315. The molecule has 1 aliphatic heterocycles. The lowest BCUT2D eigenvalue weighted by atomic mass is 9.78. The number of ether oxygens (including phenoxy) is 2. The van der Waals surface area contributed by atoms with Crippen LogP contribution in [0.5, 0.6) is 5.75 Å². The predicted molar refractivity (Wildman–Crippen MR) is 131 cm³/mol. The van der Waals surface area contributed by atoms with E-state index in [0.717, 1.165) is 39.0 Å². The maximum Gasteiger partial charge on any atom is 0.340 e. The van der Waals surface area contributed by atoms with E-state index in [4.69, 9.17) is 9.47 Å². The number of aryl methyl sites for hydroxylation is 1. The van der Waals surface area contributed by atoms with E-state index < -0.39 is 5.60 Å². The minimum absolute atomic E-state index is 0.366. The van der Waals surface area contributed by atoms with Gasteiger partial charge in [0.2, 0.25) is 0 Å². The number of nitrogens with zero attached hydrogens (tertiary/aromatic N) is 2. The summed E-state index contributed by atoms with van der Waals surface area (Å²) < 4.78 is 13.7. The molecular formula is C28H26N2O4. The third-order valence-electron chi connectivity index (χ3n) is 6.64. The number of aromatic nitrogens is 1. The topological polar surface area (TPSA) is 60.8 Å². The van der Waals surface area contributed by atoms with Crippen LogP contribution in [0.4, 0.5) is 5.69 Å². The molecule has 6 heteroatoms. The molecule has 2 heterocycles. The van der Waals surface area contributed by atoms with Crippen molar-refractivity contribution in [3.05, 3.63) is 94.7 Å². The highest BCUT2D eigenvalue weighted by atomic mass is 16.6. The molecule has 0 saturated carbocycles. The summed E-state index contributed by atoms with van der Waals surface area (Å²) in [4.78, 5) is 26.7. The number of carbonyl (C=O) groups is 2. The highest BCUT2D eigenvalue weighted by Crippen LogP contribution is 2.51. The number of hydrogen-bond acceptors (Lipinski definition) is 5. The van der Waals surface area contributed by atoms with Crippen molar-refractivity contribution in [2.45, 2.75) is 19.4 Å². The minimum Gasteiger partial charge on any atom is -0.440 e. The Morgan fingerprint density at radius 2 is 1.74 bits per heavy atom. The lowest BCUT2D eigenvalue weighted by Crippen LogP contribution is -2.30. The molecule has 6 nitrogen and oxygen atoms in total. The summed E-state index contributed by atoms with van der Waals surface area (Å²) in [5, 5.41) is 1.02.